The molecule has 4 N–H and O–H groups in total. The number of hydrogen-bond donors (Lipinski definition) is 4. The second-order valence-corrected chi connectivity index (χ2v) is 1.57. The Kier molecular flexibility index (Phi) is 22.2. The van der Waals surface area contributed by atoms with E-state index in [0.29, 0.717) is 0 Å². The second kappa shape index (κ2) is 11.9. The van der Waals surface area contributed by atoms with Gasteiger partial charge in [0.25, 0.3) is 0 Å². The Hall–Kier alpha value is 1.86. The summed E-state index contributed by atoms with van der Waals surface area (Å²) in [5.41, 5.74) is 0. The zero-order chi connectivity index (χ0) is 8.31. The standard InChI is InChI=1S/C4H6O6.3Na.3H/c5-1(3(7)8)2(6)4(9)10;;;;;;/h1-2,5-6H,(H,7,8)(H,9,10);;;;;;. The van der Waals surface area contributed by atoms with Crippen molar-refractivity contribution >= 4 is 101 Å². The molecule has 0 aliphatic carbocycles. The first-order valence-corrected chi connectivity index (χ1v) is 2.28. The summed E-state index contributed by atoms with van der Waals surface area (Å²) in [5, 5.41) is 32.5. The van der Waals surface area contributed by atoms with Crippen molar-refractivity contribution in [1.29, 1.82) is 0 Å². The fourth-order valence-electron chi connectivity index (χ4n) is 0.270. The van der Waals surface area contributed by atoms with Gasteiger partial charge < -0.3 is 20.4 Å². The van der Waals surface area contributed by atoms with Gasteiger partial charge in [0.15, 0.2) is 12.2 Å². The Morgan fingerprint density at radius 3 is 1.00 bits per heavy atom. The molecule has 0 aromatic heterocycles. The summed E-state index contributed by atoms with van der Waals surface area (Å²) in [6.07, 6.45) is -4.53. The third kappa shape index (κ3) is 10.1. The van der Waals surface area contributed by atoms with Crippen LogP contribution in [0.4, 0.5) is 0 Å². The van der Waals surface area contributed by atoms with E-state index in [1.807, 2.05) is 0 Å². The number of aliphatic hydroxyl groups excluding tert-OH is 2. The van der Waals surface area contributed by atoms with Crippen LogP contribution in [0.15, 0.2) is 0 Å². The average molecular weight is 222 g/mol. The van der Waals surface area contributed by atoms with Gasteiger partial charge in [-0.1, -0.05) is 0 Å². The number of carboxylic acid groups (broad SMARTS) is 2. The molecule has 0 amide bonds. The Balaban J connectivity index is -0.000000135. The topological polar surface area (TPSA) is 115 Å². The fraction of sp³-hybridized carbons (Fsp3) is 0.500. The van der Waals surface area contributed by atoms with Crippen LogP contribution < -0.4 is 0 Å². The minimum atomic E-state index is -2.27. The van der Waals surface area contributed by atoms with Crippen molar-refractivity contribution in [3.63, 3.8) is 0 Å². The first-order chi connectivity index (χ1) is 4.46. The van der Waals surface area contributed by atoms with Gasteiger partial charge >= 0.3 is 101 Å². The van der Waals surface area contributed by atoms with E-state index in [0.717, 1.165) is 0 Å². The van der Waals surface area contributed by atoms with Crippen molar-refractivity contribution in [3.8, 4) is 0 Å². The maximum atomic E-state index is 9.77. The Morgan fingerprint density at radius 1 is 0.769 bits per heavy atom. The van der Waals surface area contributed by atoms with Crippen LogP contribution in [0.25, 0.3) is 0 Å². The molecule has 0 rings (SSSR count). The molecule has 0 aromatic rings. The number of rotatable bonds is 3. The number of aliphatic carboxylic acids is 2. The van der Waals surface area contributed by atoms with Gasteiger partial charge in [0.05, 0.1) is 0 Å². The van der Waals surface area contributed by atoms with Gasteiger partial charge in [-0.05, 0) is 0 Å². The van der Waals surface area contributed by atoms with Crippen LogP contribution in [0.2, 0.25) is 0 Å². The molecule has 0 saturated heterocycles. The molecular weight excluding hydrogens is 213 g/mol. The molecule has 0 aliphatic heterocycles. The van der Waals surface area contributed by atoms with E-state index in [4.69, 9.17) is 20.4 Å². The Bertz CT molecular complexity index is 144. The molecule has 0 aliphatic rings. The third-order valence-electron chi connectivity index (χ3n) is 0.805. The number of hydrogen-bond acceptors (Lipinski definition) is 4. The quantitative estimate of drug-likeness (QED) is 0.361. The number of carboxylic acids is 2. The first kappa shape index (κ1) is 24.2. The van der Waals surface area contributed by atoms with E-state index in [-0.39, 0.29) is 88.7 Å². The van der Waals surface area contributed by atoms with E-state index >= 15 is 0 Å². The van der Waals surface area contributed by atoms with Crippen LogP contribution in [0.1, 0.15) is 0 Å². The molecule has 2 atom stereocenters. The van der Waals surface area contributed by atoms with Crippen LogP contribution in [-0.2, 0) is 9.59 Å². The van der Waals surface area contributed by atoms with Crippen LogP contribution >= 0.6 is 0 Å². The van der Waals surface area contributed by atoms with Gasteiger partial charge in [-0.3, -0.25) is 0 Å². The normalized spacial score (nSPS) is 12.2. The Morgan fingerprint density at radius 2 is 0.923 bits per heavy atom. The van der Waals surface area contributed by atoms with E-state index in [9.17, 15) is 9.59 Å². The number of carbonyl (C=O) groups is 2. The molecule has 13 heavy (non-hydrogen) atoms. The summed E-state index contributed by atoms with van der Waals surface area (Å²) in [6, 6.07) is 0. The maximum absolute atomic E-state index is 9.77. The van der Waals surface area contributed by atoms with E-state index in [1.165, 1.54) is 0 Å². The molecule has 0 radical (unpaired) electrons. The van der Waals surface area contributed by atoms with Crippen LogP contribution in [-0.4, -0.2) is 133 Å². The molecule has 0 bridgehead atoms. The second-order valence-electron chi connectivity index (χ2n) is 1.57. The predicted octanol–water partition coefficient (Wildman–Crippen LogP) is -4.07. The van der Waals surface area contributed by atoms with Crippen molar-refractivity contribution in [2.75, 3.05) is 0 Å². The molecule has 0 aromatic carbocycles. The number of aliphatic hydroxyl groups is 2. The van der Waals surface area contributed by atoms with Crippen molar-refractivity contribution in [3.05, 3.63) is 0 Å². The summed E-state index contributed by atoms with van der Waals surface area (Å²) in [7, 11) is 0. The molecule has 0 saturated carbocycles. The van der Waals surface area contributed by atoms with Gasteiger partial charge in [0.1, 0.15) is 0 Å². The summed E-state index contributed by atoms with van der Waals surface area (Å²) >= 11 is 0. The van der Waals surface area contributed by atoms with Gasteiger partial charge in [-0.25, -0.2) is 9.59 Å². The van der Waals surface area contributed by atoms with Crippen LogP contribution in [0, 0.1) is 0 Å². The molecule has 9 heteroatoms. The summed E-state index contributed by atoms with van der Waals surface area (Å²) in [6.45, 7) is 0. The molecule has 2 unspecified atom stereocenters. The van der Waals surface area contributed by atoms with Crippen LogP contribution in [0.3, 0.4) is 0 Å². The van der Waals surface area contributed by atoms with Gasteiger partial charge in [0, 0.05) is 0 Å². The average Bonchev–Trinajstić information content (AvgIpc) is 1.84. The van der Waals surface area contributed by atoms with E-state index < -0.39 is 24.1 Å². The minimum absolute atomic E-state index is 0. The van der Waals surface area contributed by atoms with Crippen molar-refractivity contribution in [2.24, 2.45) is 0 Å². The molecule has 0 heterocycles. The van der Waals surface area contributed by atoms with E-state index in [1.54, 1.807) is 0 Å². The molecular formula is C4H9Na3O6. The monoisotopic (exact) mass is 222 g/mol. The molecule has 0 fully saturated rings. The SMILES string of the molecule is O=C(O)C(O)C(O)C(=O)O.[NaH].[NaH].[NaH]. The Labute approximate surface area is 141 Å². The zero-order valence-electron chi connectivity index (χ0n) is 4.76. The fourth-order valence-corrected chi connectivity index (χ4v) is 0.270. The third-order valence-corrected chi connectivity index (χ3v) is 0.805. The molecule has 6 nitrogen and oxygen atoms in total. The molecule has 64 valence electrons. The van der Waals surface area contributed by atoms with E-state index in [2.05, 4.69) is 0 Å². The van der Waals surface area contributed by atoms with Gasteiger partial charge in [0.2, 0.25) is 0 Å². The first-order valence-electron chi connectivity index (χ1n) is 2.28. The van der Waals surface area contributed by atoms with Gasteiger partial charge in [-0.2, -0.15) is 0 Å². The van der Waals surface area contributed by atoms with Crippen molar-refractivity contribution in [2.45, 2.75) is 12.2 Å². The van der Waals surface area contributed by atoms with Crippen molar-refractivity contribution < 1.29 is 30.0 Å². The van der Waals surface area contributed by atoms with Crippen molar-refractivity contribution in [1.82, 2.24) is 0 Å². The summed E-state index contributed by atoms with van der Waals surface area (Å²) in [4.78, 5) is 19.5. The summed E-state index contributed by atoms with van der Waals surface area (Å²) < 4.78 is 0. The predicted molar refractivity (Wildman–Crippen MR) is 48.7 cm³/mol. The summed E-state index contributed by atoms with van der Waals surface area (Å²) in [5.74, 6) is -3.54. The van der Waals surface area contributed by atoms with Gasteiger partial charge in [-0.15, -0.1) is 0 Å². The van der Waals surface area contributed by atoms with Crippen LogP contribution in [0.5, 0.6) is 0 Å². The zero-order valence-corrected chi connectivity index (χ0v) is 4.76. The molecule has 0 spiro atoms.